The van der Waals surface area contributed by atoms with Crippen molar-refractivity contribution in [2.24, 2.45) is 0 Å². The second-order valence-corrected chi connectivity index (χ2v) is 12.3. The van der Waals surface area contributed by atoms with Gasteiger partial charge in [0.05, 0.1) is 12.7 Å². The SMILES string of the molecule is CC1SCC=C([Si](C)(C)C)S1. The highest BCUT2D eigenvalue weighted by molar-refractivity contribution is 8.20. The van der Waals surface area contributed by atoms with Crippen LogP contribution >= 0.6 is 23.5 Å². The van der Waals surface area contributed by atoms with Crippen LogP contribution in [0.3, 0.4) is 0 Å². The van der Waals surface area contributed by atoms with Crippen LogP contribution in [0, 0.1) is 0 Å². The van der Waals surface area contributed by atoms with Gasteiger partial charge < -0.3 is 0 Å². The lowest BCUT2D eigenvalue weighted by Crippen LogP contribution is -2.24. The van der Waals surface area contributed by atoms with E-state index in [1.165, 1.54) is 5.75 Å². The van der Waals surface area contributed by atoms with E-state index in [0.29, 0.717) is 0 Å². The first-order chi connectivity index (χ1) is 5.00. The van der Waals surface area contributed by atoms with E-state index in [9.17, 15) is 0 Å². The Balaban J connectivity index is 2.65. The first kappa shape index (κ1) is 9.74. The van der Waals surface area contributed by atoms with Crippen molar-refractivity contribution in [1.82, 2.24) is 0 Å². The van der Waals surface area contributed by atoms with Crippen molar-refractivity contribution in [3.05, 3.63) is 10.6 Å². The zero-order chi connectivity index (χ0) is 8.48. The van der Waals surface area contributed by atoms with Crippen LogP contribution in [0.15, 0.2) is 10.6 Å². The van der Waals surface area contributed by atoms with E-state index >= 15 is 0 Å². The standard InChI is InChI=1S/C8H16S2Si/c1-7-9-6-5-8(10-7)11(2,3)4/h5,7H,6H2,1-4H3. The Morgan fingerprint density at radius 1 is 1.45 bits per heavy atom. The van der Waals surface area contributed by atoms with E-state index in [1.807, 2.05) is 11.8 Å². The summed E-state index contributed by atoms with van der Waals surface area (Å²) in [6.07, 6.45) is 2.43. The van der Waals surface area contributed by atoms with Gasteiger partial charge in [-0.25, -0.2) is 0 Å². The van der Waals surface area contributed by atoms with Crippen molar-refractivity contribution < 1.29 is 0 Å². The fourth-order valence-corrected chi connectivity index (χ4v) is 6.06. The van der Waals surface area contributed by atoms with E-state index in [0.717, 1.165) is 4.58 Å². The van der Waals surface area contributed by atoms with Gasteiger partial charge in [-0.3, -0.25) is 0 Å². The largest absolute Gasteiger partial charge is 0.143 e. The van der Waals surface area contributed by atoms with Gasteiger partial charge in [0.2, 0.25) is 0 Å². The molecule has 1 atom stereocenters. The maximum atomic E-state index is 2.43. The molecule has 0 aromatic carbocycles. The molecule has 0 amide bonds. The fourth-order valence-electron chi connectivity index (χ4n) is 1.00. The Bertz CT molecular complexity index is 169. The van der Waals surface area contributed by atoms with Crippen LogP contribution in [0.4, 0.5) is 0 Å². The monoisotopic (exact) mass is 204 g/mol. The van der Waals surface area contributed by atoms with Crippen molar-refractivity contribution in [2.45, 2.75) is 31.1 Å². The molecule has 11 heavy (non-hydrogen) atoms. The molecule has 64 valence electrons. The van der Waals surface area contributed by atoms with Gasteiger partial charge in [-0.05, 0) is 11.5 Å². The summed E-state index contributed by atoms with van der Waals surface area (Å²) in [6.45, 7) is 9.58. The van der Waals surface area contributed by atoms with Crippen molar-refractivity contribution >= 4 is 31.6 Å². The molecule has 0 nitrogen and oxygen atoms in total. The van der Waals surface area contributed by atoms with Gasteiger partial charge in [-0.2, -0.15) is 0 Å². The molecule has 0 spiro atoms. The minimum Gasteiger partial charge on any atom is -0.143 e. The summed E-state index contributed by atoms with van der Waals surface area (Å²) < 4.78 is 2.48. The van der Waals surface area contributed by atoms with Crippen LogP contribution in [-0.2, 0) is 0 Å². The van der Waals surface area contributed by atoms with Crippen LogP contribution < -0.4 is 0 Å². The summed E-state index contributed by atoms with van der Waals surface area (Å²) in [5.41, 5.74) is 0. The summed E-state index contributed by atoms with van der Waals surface area (Å²) in [4.78, 5) is 0. The molecule has 0 saturated heterocycles. The van der Waals surface area contributed by atoms with Gasteiger partial charge in [0.15, 0.2) is 0 Å². The van der Waals surface area contributed by atoms with Crippen LogP contribution in [-0.4, -0.2) is 18.4 Å². The first-order valence-corrected chi connectivity index (χ1v) is 9.42. The molecule has 0 saturated carbocycles. The Kier molecular flexibility index (Phi) is 3.17. The maximum Gasteiger partial charge on any atom is 0.0854 e. The zero-order valence-electron chi connectivity index (χ0n) is 7.68. The lowest BCUT2D eigenvalue weighted by molar-refractivity contribution is 1.41. The van der Waals surface area contributed by atoms with Crippen LogP contribution in [0.1, 0.15) is 6.92 Å². The third kappa shape index (κ3) is 2.88. The molecule has 1 unspecified atom stereocenters. The van der Waals surface area contributed by atoms with Crippen molar-refractivity contribution in [3.8, 4) is 0 Å². The van der Waals surface area contributed by atoms with Gasteiger partial charge in [-0.1, -0.05) is 25.7 Å². The maximum absolute atomic E-state index is 2.43. The molecule has 0 fully saturated rings. The van der Waals surface area contributed by atoms with E-state index in [4.69, 9.17) is 0 Å². The van der Waals surface area contributed by atoms with E-state index in [2.05, 4.69) is 44.4 Å². The third-order valence-electron chi connectivity index (χ3n) is 1.63. The highest BCUT2D eigenvalue weighted by Gasteiger charge is 2.24. The number of rotatable bonds is 1. The molecule has 1 aliphatic rings. The van der Waals surface area contributed by atoms with E-state index < -0.39 is 8.07 Å². The van der Waals surface area contributed by atoms with E-state index in [1.54, 1.807) is 4.53 Å². The van der Waals surface area contributed by atoms with E-state index in [-0.39, 0.29) is 0 Å². The molecule has 1 heterocycles. The van der Waals surface area contributed by atoms with Crippen molar-refractivity contribution in [2.75, 3.05) is 5.75 Å². The topological polar surface area (TPSA) is 0 Å². The molecule has 0 N–H and O–H groups in total. The highest BCUT2D eigenvalue weighted by atomic mass is 32.2. The van der Waals surface area contributed by atoms with Gasteiger partial charge in [0.1, 0.15) is 0 Å². The Hall–Kier alpha value is 0.657. The smallest absolute Gasteiger partial charge is 0.0854 e. The quantitative estimate of drug-likeness (QED) is 0.599. The van der Waals surface area contributed by atoms with Gasteiger partial charge >= 0.3 is 0 Å². The molecule has 3 heteroatoms. The summed E-state index contributed by atoms with van der Waals surface area (Å²) >= 11 is 4.13. The lowest BCUT2D eigenvalue weighted by Gasteiger charge is -2.26. The average molecular weight is 204 g/mol. The summed E-state index contributed by atoms with van der Waals surface area (Å²) in [7, 11) is -0.987. The summed E-state index contributed by atoms with van der Waals surface area (Å²) in [5, 5.41) is 0. The van der Waals surface area contributed by atoms with Gasteiger partial charge in [0.25, 0.3) is 0 Å². The molecular weight excluding hydrogens is 188 g/mol. The van der Waals surface area contributed by atoms with Crippen molar-refractivity contribution in [3.63, 3.8) is 0 Å². The van der Waals surface area contributed by atoms with Crippen LogP contribution in [0.5, 0.6) is 0 Å². The van der Waals surface area contributed by atoms with Gasteiger partial charge in [0, 0.05) is 5.75 Å². The van der Waals surface area contributed by atoms with Crippen LogP contribution in [0.2, 0.25) is 19.6 Å². The molecule has 0 aromatic heterocycles. The fraction of sp³-hybridized carbons (Fsp3) is 0.750. The predicted molar refractivity (Wildman–Crippen MR) is 60.9 cm³/mol. The average Bonchev–Trinajstić information content (AvgIpc) is 1.86. The molecule has 0 aliphatic carbocycles. The second-order valence-electron chi connectivity index (χ2n) is 3.84. The molecular formula is C8H16S2Si. The number of thioether (sulfide) groups is 2. The zero-order valence-corrected chi connectivity index (χ0v) is 10.3. The normalized spacial score (nSPS) is 26.5. The second kappa shape index (κ2) is 3.58. The summed E-state index contributed by atoms with van der Waals surface area (Å²) in [5.74, 6) is 1.23. The number of hydrogen-bond donors (Lipinski definition) is 0. The predicted octanol–water partition coefficient (Wildman–Crippen LogP) is 3.57. The van der Waals surface area contributed by atoms with Gasteiger partial charge in [-0.15, -0.1) is 23.5 Å². The third-order valence-corrected chi connectivity index (χ3v) is 7.78. The minimum atomic E-state index is -0.987. The van der Waals surface area contributed by atoms with Crippen molar-refractivity contribution in [1.29, 1.82) is 0 Å². The minimum absolute atomic E-state index is 0.779. The Morgan fingerprint density at radius 2 is 2.09 bits per heavy atom. The molecule has 1 aliphatic heterocycles. The Labute approximate surface area is 79.2 Å². The first-order valence-electron chi connectivity index (χ1n) is 3.99. The highest BCUT2D eigenvalue weighted by Crippen LogP contribution is 2.39. The molecule has 1 rings (SSSR count). The Morgan fingerprint density at radius 3 is 2.45 bits per heavy atom. The molecule has 0 aromatic rings. The molecule has 0 radical (unpaired) electrons. The number of hydrogen-bond acceptors (Lipinski definition) is 2. The lowest BCUT2D eigenvalue weighted by atomic mass is 10.7. The molecule has 0 bridgehead atoms. The van der Waals surface area contributed by atoms with Crippen LogP contribution in [0.25, 0.3) is 0 Å². The summed E-state index contributed by atoms with van der Waals surface area (Å²) in [6, 6.07) is 0.